The summed E-state index contributed by atoms with van der Waals surface area (Å²) in [7, 11) is 0. The molecule has 1 saturated heterocycles. The van der Waals surface area contributed by atoms with E-state index >= 15 is 0 Å². The van der Waals surface area contributed by atoms with Crippen LogP contribution in [0.5, 0.6) is 0 Å². The summed E-state index contributed by atoms with van der Waals surface area (Å²) < 4.78 is 2.29. The Labute approximate surface area is 107 Å². The minimum Gasteiger partial charge on any atom is -0.396 e. The number of aromatic nitrogens is 2. The highest BCUT2D eigenvalue weighted by molar-refractivity contribution is 8.00. The first-order valence-corrected chi connectivity index (χ1v) is 7.67. The van der Waals surface area contributed by atoms with Gasteiger partial charge in [0.05, 0.1) is 5.69 Å². The van der Waals surface area contributed by atoms with Gasteiger partial charge in [0, 0.05) is 37.4 Å². The lowest BCUT2D eigenvalue weighted by molar-refractivity contribution is 0.199. The van der Waals surface area contributed by atoms with E-state index in [1.165, 1.54) is 30.1 Å². The lowest BCUT2D eigenvalue weighted by Gasteiger charge is -2.20. The van der Waals surface area contributed by atoms with E-state index in [4.69, 9.17) is 4.98 Å². The highest BCUT2D eigenvalue weighted by Crippen LogP contribution is 2.29. The molecule has 1 aromatic rings. The average Bonchev–Trinajstić information content (AvgIpc) is 2.96. The van der Waals surface area contributed by atoms with Crippen molar-refractivity contribution in [1.29, 1.82) is 0 Å². The van der Waals surface area contributed by atoms with Crippen molar-refractivity contribution in [2.75, 3.05) is 12.4 Å². The van der Waals surface area contributed by atoms with Gasteiger partial charge >= 0.3 is 0 Å². The molecule has 0 amide bonds. The second-order valence-corrected chi connectivity index (χ2v) is 6.63. The van der Waals surface area contributed by atoms with Crippen molar-refractivity contribution in [2.45, 2.75) is 43.9 Å². The van der Waals surface area contributed by atoms with Crippen LogP contribution in [0.3, 0.4) is 0 Å². The van der Waals surface area contributed by atoms with E-state index in [1.54, 1.807) is 0 Å². The number of hydrogen-bond acceptors (Lipinski definition) is 3. The molecule has 0 radical (unpaired) electrons. The van der Waals surface area contributed by atoms with Crippen LogP contribution in [0.2, 0.25) is 0 Å². The predicted octanol–water partition coefficient (Wildman–Crippen LogP) is 1.88. The maximum Gasteiger partial charge on any atom is 0.109 e. The standard InChI is InChI=1S/C13H20N2OS/c16-9-10-3-4-15-8-11(14-13(15)6-10)7-12-2-1-5-17-12/h8,10,12,16H,1-7,9H2. The number of aliphatic hydroxyl groups excluding tert-OH is 1. The molecule has 1 fully saturated rings. The molecular formula is C13H20N2OS. The van der Waals surface area contributed by atoms with Crippen molar-refractivity contribution in [1.82, 2.24) is 9.55 Å². The lowest BCUT2D eigenvalue weighted by Crippen LogP contribution is -2.21. The molecule has 0 bridgehead atoms. The number of imidazole rings is 1. The summed E-state index contributed by atoms with van der Waals surface area (Å²) in [6, 6.07) is 0. The Morgan fingerprint density at radius 3 is 3.18 bits per heavy atom. The van der Waals surface area contributed by atoms with E-state index in [0.29, 0.717) is 12.5 Å². The summed E-state index contributed by atoms with van der Waals surface area (Å²) in [6.07, 6.45) is 8.14. The zero-order valence-corrected chi connectivity index (χ0v) is 11.0. The molecule has 0 aliphatic carbocycles. The molecule has 1 aromatic heterocycles. The maximum absolute atomic E-state index is 9.21. The number of aryl methyl sites for hydroxylation is 1. The van der Waals surface area contributed by atoms with Crippen LogP contribution < -0.4 is 0 Å². The lowest BCUT2D eigenvalue weighted by atomic mass is 9.99. The van der Waals surface area contributed by atoms with Gasteiger partial charge in [-0.2, -0.15) is 11.8 Å². The van der Waals surface area contributed by atoms with E-state index in [9.17, 15) is 5.11 Å². The molecule has 3 nitrogen and oxygen atoms in total. The van der Waals surface area contributed by atoms with Gasteiger partial charge in [0.15, 0.2) is 0 Å². The summed E-state index contributed by atoms with van der Waals surface area (Å²) in [5.74, 6) is 2.94. The Kier molecular flexibility index (Phi) is 3.43. The van der Waals surface area contributed by atoms with Crippen LogP contribution in [-0.4, -0.2) is 32.3 Å². The fourth-order valence-corrected chi connectivity index (χ4v) is 4.13. The van der Waals surface area contributed by atoms with Crippen molar-refractivity contribution in [3.8, 4) is 0 Å². The number of fused-ring (bicyclic) bond motifs is 1. The summed E-state index contributed by atoms with van der Waals surface area (Å²) in [6.45, 7) is 1.34. The van der Waals surface area contributed by atoms with Crippen LogP contribution in [0.15, 0.2) is 6.20 Å². The molecule has 3 rings (SSSR count). The molecular weight excluding hydrogens is 232 g/mol. The first-order valence-electron chi connectivity index (χ1n) is 6.62. The van der Waals surface area contributed by atoms with E-state index < -0.39 is 0 Å². The average molecular weight is 252 g/mol. The molecule has 3 heterocycles. The fraction of sp³-hybridized carbons (Fsp3) is 0.769. The normalized spacial score (nSPS) is 28.3. The number of nitrogens with zero attached hydrogens (tertiary/aromatic N) is 2. The van der Waals surface area contributed by atoms with Gasteiger partial charge in [0.25, 0.3) is 0 Å². The number of thioether (sulfide) groups is 1. The topological polar surface area (TPSA) is 38.0 Å². The molecule has 0 aromatic carbocycles. The third-order valence-electron chi connectivity index (χ3n) is 3.88. The Morgan fingerprint density at radius 2 is 2.41 bits per heavy atom. The van der Waals surface area contributed by atoms with Gasteiger partial charge in [-0.3, -0.25) is 0 Å². The predicted molar refractivity (Wildman–Crippen MR) is 70.3 cm³/mol. The third-order valence-corrected chi connectivity index (χ3v) is 5.28. The Hall–Kier alpha value is -0.480. The molecule has 0 saturated carbocycles. The van der Waals surface area contributed by atoms with Gasteiger partial charge < -0.3 is 9.67 Å². The first-order chi connectivity index (χ1) is 8.35. The molecule has 0 spiro atoms. The van der Waals surface area contributed by atoms with Crippen LogP contribution in [-0.2, 0) is 19.4 Å². The van der Waals surface area contributed by atoms with Crippen LogP contribution >= 0.6 is 11.8 Å². The highest BCUT2D eigenvalue weighted by Gasteiger charge is 2.22. The van der Waals surface area contributed by atoms with Crippen LogP contribution in [0.25, 0.3) is 0 Å². The third kappa shape index (κ3) is 2.52. The van der Waals surface area contributed by atoms with Crippen molar-refractivity contribution in [2.24, 2.45) is 5.92 Å². The summed E-state index contributed by atoms with van der Waals surface area (Å²) in [5.41, 5.74) is 1.26. The van der Waals surface area contributed by atoms with Crippen LogP contribution in [0.1, 0.15) is 30.8 Å². The van der Waals surface area contributed by atoms with E-state index in [-0.39, 0.29) is 0 Å². The SMILES string of the molecule is OCC1CCn2cc(CC3CCCS3)nc2C1. The summed E-state index contributed by atoms with van der Waals surface area (Å²) in [5, 5.41) is 10.0. The smallest absolute Gasteiger partial charge is 0.109 e. The van der Waals surface area contributed by atoms with Gasteiger partial charge in [-0.25, -0.2) is 4.98 Å². The maximum atomic E-state index is 9.21. The van der Waals surface area contributed by atoms with Crippen LogP contribution in [0, 0.1) is 5.92 Å². The van der Waals surface area contributed by atoms with E-state index in [1.807, 2.05) is 0 Å². The fourth-order valence-electron chi connectivity index (χ4n) is 2.84. The monoisotopic (exact) mass is 252 g/mol. The van der Waals surface area contributed by atoms with Crippen molar-refractivity contribution in [3.63, 3.8) is 0 Å². The molecule has 94 valence electrons. The van der Waals surface area contributed by atoms with Gasteiger partial charge in [-0.05, 0) is 30.9 Å². The molecule has 4 heteroatoms. The summed E-state index contributed by atoms with van der Waals surface area (Å²) in [4.78, 5) is 4.75. The molecule has 2 atom stereocenters. The number of aliphatic hydroxyl groups is 1. The second kappa shape index (κ2) is 5.02. The van der Waals surface area contributed by atoms with Crippen molar-refractivity contribution < 1.29 is 5.11 Å². The van der Waals surface area contributed by atoms with Crippen molar-refractivity contribution >= 4 is 11.8 Å². The number of hydrogen-bond donors (Lipinski definition) is 1. The minimum absolute atomic E-state index is 0.306. The Morgan fingerprint density at radius 1 is 1.47 bits per heavy atom. The van der Waals surface area contributed by atoms with Gasteiger partial charge in [0.1, 0.15) is 5.82 Å². The van der Waals surface area contributed by atoms with Gasteiger partial charge in [0.2, 0.25) is 0 Å². The first kappa shape index (κ1) is 11.6. The largest absolute Gasteiger partial charge is 0.396 e. The highest BCUT2D eigenvalue weighted by atomic mass is 32.2. The molecule has 2 aliphatic rings. The van der Waals surface area contributed by atoms with Crippen LogP contribution in [0.4, 0.5) is 0 Å². The van der Waals surface area contributed by atoms with E-state index in [0.717, 1.165) is 31.1 Å². The molecule has 2 unspecified atom stereocenters. The zero-order chi connectivity index (χ0) is 11.7. The quantitative estimate of drug-likeness (QED) is 0.892. The number of rotatable bonds is 3. The van der Waals surface area contributed by atoms with Crippen molar-refractivity contribution in [3.05, 3.63) is 17.7 Å². The molecule has 1 N–H and O–H groups in total. The van der Waals surface area contributed by atoms with Gasteiger partial charge in [-0.15, -0.1) is 0 Å². The molecule has 2 aliphatic heterocycles. The Bertz CT molecular complexity index is 385. The second-order valence-electron chi connectivity index (χ2n) is 5.22. The van der Waals surface area contributed by atoms with Gasteiger partial charge in [-0.1, -0.05) is 0 Å². The van der Waals surface area contributed by atoms with E-state index in [2.05, 4.69) is 22.5 Å². The Balaban J connectivity index is 1.69. The zero-order valence-electron chi connectivity index (χ0n) is 10.1. The minimum atomic E-state index is 0.306. The molecule has 17 heavy (non-hydrogen) atoms. The summed E-state index contributed by atoms with van der Waals surface area (Å²) >= 11 is 2.10.